The zero-order valence-electron chi connectivity index (χ0n) is 13.0. The van der Waals surface area contributed by atoms with Crippen LogP contribution in [-0.2, 0) is 21.0 Å². The summed E-state index contributed by atoms with van der Waals surface area (Å²) in [6, 6.07) is 2.27. The lowest BCUT2D eigenvalue weighted by Crippen LogP contribution is -2.15. The van der Waals surface area contributed by atoms with Crippen molar-refractivity contribution in [3.63, 3.8) is 0 Å². The number of ether oxygens (including phenoxy) is 1. The number of halogens is 5. The Labute approximate surface area is 149 Å². The van der Waals surface area contributed by atoms with Gasteiger partial charge < -0.3 is 9.84 Å². The molecule has 6 nitrogen and oxygen atoms in total. The third-order valence-electron chi connectivity index (χ3n) is 3.28. The summed E-state index contributed by atoms with van der Waals surface area (Å²) in [6.45, 7) is -0.961. The smallest absolute Gasteiger partial charge is 0.416 e. The van der Waals surface area contributed by atoms with Gasteiger partial charge in [-0.15, -0.1) is 0 Å². The van der Waals surface area contributed by atoms with Gasteiger partial charge in [0.05, 0.1) is 5.56 Å². The quantitative estimate of drug-likeness (QED) is 0.736. The molecule has 0 saturated carbocycles. The van der Waals surface area contributed by atoms with Crippen molar-refractivity contribution < 1.29 is 45.0 Å². The van der Waals surface area contributed by atoms with Crippen LogP contribution in [-0.4, -0.2) is 26.1 Å². The second-order valence-corrected chi connectivity index (χ2v) is 6.73. The van der Waals surface area contributed by atoms with Crippen LogP contribution < -0.4 is 9.88 Å². The Bertz CT molecular complexity index is 1000. The molecule has 0 unspecified atom stereocenters. The Balaban J connectivity index is 2.71. The molecular formula is C15H10F5NO5S. The normalized spacial score (nSPS) is 12.1. The minimum absolute atomic E-state index is 0.210. The summed E-state index contributed by atoms with van der Waals surface area (Å²) in [4.78, 5) is 9.41. The maximum absolute atomic E-state index is 14.3. The highest BCUT2D eigenvalue weighted by Crippen LogP contribution is 2.39. The van der Waals surface area contributed by atoms with E-state index in [1.807, 2.05) is 0 Å². The number of nitrogens with two attached hydrogens (primary N) is 1. The summed E-state index contributed by atoms with van der Waals surface area (Å²) in [6.07, 6.45) is -4.84. The van der Waals surface area contributed by atoms with E-state index < -0.39 is 67.7 Å². The Morgan fingerprint density at radius 1 is 1.07 bits per heavy atom. The van der Waals surface area contributed by atoms with E-state index in [1.54, 1.807) is 0 Å². The van der Waals surface area contributed by atoms with Crippen molar-refractivity contribution >= 4 is 16.0 Å². The van der Waals surface area contributed by atoms with E-state index in [0.717, 1.165) is 6.07 Å². The zero-order valence-corrected chi connectivity index (χ0v) is 13.9. The van der Waals surface area contributed by atoms with Gasteiger partial charge in [-0.1, -0.05) is 0 Å². The third-order valence-corrected chi connectivity index (χ3v) is 4.20. The second-order valence-electron chi connectivity index (χ2n) is 5.20. The van der Waals surface area contributed by atoms with Gasteiger partial charge in [-0.05, 0) is 30.3 Å². The maximum Gasteiger partial charge on any atom is 0.416 e. The molecule has 0 aliphatic rings. The molecule has 0 atom stereocenters. The highest BCUT2D eigenvalue weighted by molar-refractivity contribution is 7.89. The van der Waals surface area contributed by atoms with Crippen molar-refractivity contribution in [1.29, 1.82) is 0 Å². The fourth-order valence-corrected chi connectivity index (χ4v) is 2.73. The highest BCUT2D eigenvalue weighted by Gasteiger charge is 2.32. The zero-order chi connectivity index (χ0) is 20.6. The van der Waals surface area contributed by atoms with E-state index in [0.29, 0.717) is 18.2 Å². The monoisotopic (exact) mass is 411 g/mol. The molecule has 0 aliphatic carbocycles. The van der Waals surface area contributed by atoms with Crippen molar-refractivity contribution in [2.24, 2.45) is 5.14 Å². The Kier molecular flexibility index (Phi) is 5.42. The first-order chi connectivity index (χ1) is 12.3. The minimum Gasteiger partial charge on any atom is -0.481 e. The number of hydrogen-bond acceptors (Lipinski definition) is 4. The van der Waals surface area contributed by atoms with Crippen LogP contribution in [0.3, 0.4) is 0 Å². The van der Waals surface area contributed by atoms with Gasteiger partial charge in [0.1, 0.15) is 22.3 Å². The van der Waals surface area contributed by atoms with Gasteiger partial charge in [0.15, 0.2) is 6.61 Å². The number of carboxylic acids is 1. The first-order valence-electron chi connectivity index (χ1n) is 6.88. The molecule has 3 N–H and O–H groups in total. The van der Waals surface area contributed by atoms with Crippen molar-refractivity contribution in [1.82, 2.24) is 0 Å². The molecule has 12 heteroatoms. The molecule has 2 aromatic carbocycles. The van der Waals surface area contributed by atoms with Crippen LogP contribution in [0.1, 0.15) is 5.56 Å². The molecule has 0 spiro atoms. The number of carboxylic acid groups (broad SMARTS) is 1. The Morgan fingerprint density at radius 3 is 2.22 bits per heavy atom. The molecule has 0 heterocycles. The molecule has 0 amide bonds. The van der Waals surface area contributed by atoms with Crippen LogP contribution in [0.25, 0.3) is 11.1 Å². The molecule has 27 heavy (non-hydrogen) atoms. The van der Waals surface area contributed by atoms with E-state index in [1.165, 1.54) is 0 Å². The van der Waals surface area contributed by atoms with Gasteiger partial charge in [-0.2, -0.15) is 13.2 Å². The number of benzene rings is 2. The van der Waals surface area contributed by atoms with Crippen LogP contribution in [0.4, 0.5) is 22.0 Å². The van der Waals surface area contributed by atoms with E-state index in [9.17, 15) is 35.2 Å². The molecule has 0 fully saturated rings. The third kappa shape index (κ3) is 4.71. The standard InChI is InChI=1S/C15H10F5NO5S/c16-10-5-13(27(21,24)25)11(17)4-8(10)9-3-7(15(18,19)20)1-2-12(9)26-6-14(22)23/h1-5H,6H2,(H,22,23)(H2,21,24,25). The number of rotatable bonds is 5. The summed E-state index contributed by atoms with van der Waals surface area (Å²) < 4.78 is 94.4. The topological polar surface area (TPSA) is 107 Å². The first-order valence-corrected chi connectivity index (χ1v) is 8.43. The lowest BCUT2D eigenvalue weighted by atomic mass is 10.0. The predicted octanol–water partition coefficient (Wildman–Crippen LogP) is 2.76. The fraction of sp³-hybridized carbons (Fsp3) is 0.133. The average Bonchev–Trinajstić information content (AvgIpc) is 2.52. The average molecular weight is 411 g/mol. The van der Waals surface area contributed by atoms with E-state index in [-0.39, 0.29) is 6.07 Å². The molecule has 0 radical (unpaired) electrons. The van der Waals surface area contributed by atoms with Crippen molar-refractivity contribution in [3.05, 3.63) is 47.5 Å². The van der Waals surface area contributed by atoms with E-state index in [2.05, 4.69) is 0 Å². The van der Waals surface area contributed by atoms with E-state index in [4.69, 9.17) is 15.0 Å². The van der Waals surface area contributed by atoms with Gasteiger partial charge in [0, 0.05) is 11.1 Å². The van der Waals surface area contributed by atoms with Gasteiger partial charge >= 0.3 is 12.1 Å². The van der Waals surface area contributed by atoms with Gasteiger partial charge in [-0.3, -0.25) is 0 Å². The van der Waals surface area contributed by atoms with Gasteiger partial charge in [-0.25, -0.2) is 27.1 Å². The van der Waals surface area contributed by atoms with Crippen molar-refractivity contribution in [3.8, 4) is 16.9 Å². The maximum atomic E-state index is 14.3. The Morgan fingerprint density at radius 2 is 1.70 bits per heavy atom. The predicted molar refractivity (Wildman–Crippen MR) is 81.3 cm³/mol. The number of carbonyl (C=O) groups is 1. The largest absolute Gasteiger partial charge is 0.481 e. The van der Waals surface area contributed by atoms with Crippen LogP contribution in [0.2, 0.25) is 0 Å². The molecule has 146 valence electrons. The summed E-state index contributed by atoms with van der Waals surface area (Å²) in [7, 11) is -4.62. The van der Waals surface area contributed by atoms with Crippen LogP contribution >= 0.6 is 0 Å². The Hall–Kier alpha value is -2.73. The molecule has 2 rings (SSSR count). The number of aliphatic carboxylic acids is 1. The SMILES string of the molecule is NS(=O)(=O)c1cc(F)c(-c2cc(C(F)(F)F)ccc2OCC(=O)O)cc1F. The molecule has 0 aliphatic heterocycles. The van der Waals surface area contributed by atoms with Crippen LogP contribution in [0, 0.1) is 11.6 Å². The van der Waals surface area contributed by atoms with Crippen LogP contribution in [0.5, 0.6) is 5.75 Å². The fourth-order valence-electron chi connectivity index (χ4n) is 2.14. The molecule has 0 bridgehead atoms. The summed E-state index contributed by atoms with van der Waals surface area (Å²) >= 11 is 0. The molecule has 0 aromatic heterocycles. The number of primary sulfonamides is 1. The molecular weight excluding hydrogens is 401 g/mol. The summed E-state index contributed by atoms with van der Waals surface area (Å²) in [5.74, 6) is -4.85. The number of alkyl halides is 3. The second kappa shape index (κ2) is 7.12. The van der Waals surface area contributed by atoms with Crippen molar-refractivity contribution in [2.45, 2.75) is 11.1 Å². The van der Waals surface area contributed by atoms with Crippen LogP contribution in [0.15, 0.2) is 35.2 Å². The van der Waals surface area contributed by atoms with E-state index >= 15 is 0 Å². The first kappa shape index (κ1) is 20.6. The lowest BCUT2D eigenvalue weighted by molar-refractivity contribution is -0.140. The number of hydrogen-bond donors (Lipinski definition) is 2. The molecule has 2 aromatic rings. The van der Waals surface area contributed by atoms with Crippen molar-refractivity contribution in [2.75, 3.05) is 6.61 Å². The van der Waals surface area contributed by atoms with Gasteiger partial charge in [0.25, 0.3) is 0 Å². The highest BCUT2D eigenvalue weighted by atomic mass is 32.2. The van der Waals surface area contributed by atoms with Gasteiger partial charge in [0.2, 0.25) is 10.0 Å². The molecule has 0 saturated heterocycles. The number of sulfonamides is 1. The lowest BCUT2D eigenvalue weighted by Gasteiger charge is -2.15. The summed E-state index contributed by atoms with van der Waals surface area (Å²) in [5, 5.41) is 13.4. The summed E-state index contributed by atoms with van der Waals surface area (Å²) in [5.41, 5.74) is -2.63. The minimum atomic E-state index is -4.84.